The van der Waals surface area contributed by atoms with Crippen molar-refractivity contribution in [2.24, 2.45) is 5.92 Å². The lowest BCUT2D eigenvalue weighted by atomic mass is 10.2. The van der Waals surface area contributed by atoms with E-state index < -0.39 is 6.10 Å². The molecular formula is C11H22O4. The topological polar surface area (TPSA) is 55.8 Å². The summed E-state index contributed by atoms with van der Waals surface area (Å²) in [5.74, 6) is -0.467. The molecular weight excluding hydrogens is 196 g/mol. The van der Waals surface area contributed by atoms with Crippen molar-refractivity contribution in [3.05, 3.63) is 0 Å². The van der Waals surface area contributed by atoms with E-state index in [0.717, 1.165) is 0 Å². The third kappa shape index (κ3) is 8.39. The van der Waals surface area contributed by atoms with Crippen LogP contribution in [0.15, 0.2) is 0 Å². The second-order valence-electron chi connectivity index (χ2n) is 4.86. The number of carbonyl (C=O) groups is 1. The predicted molar refractivity (Wildman–Crippen MR) is 57.5 cm³/mol. The number of aliphatic hydroxyl groups is 1. The number of rotatable bonds is 5. The first-order valence-corrected chi connectivity index (χ1v) is 5.21. The zero-order valence-electron chi connectivity index (χ0n) is 10.2. The fourth-order valence-electron chi connectivity index (χ4n) is 0.739. The Balaban J connectivity index is 3.67. The average Bonchev–Trinajstić information content (AvgIpc) is 2.09. The Morgan fingerprint density at radius 3 is 2.20 bits per heavy atom. The lowest BCUT2D eigenvalue weighted by molar-refractivity contribution is -0.152. The van der Waals surface area contributed by atoms with E-state index in [2.05, 4.69) is 0 Å². The van der Waals surface area contributed by atoms with Crippen molar-refractivity contribution in [2.45, 2.75) is 46.3 Å². The zero-order valence-corrected chi connectivity index (χ0v) is 10.2. The Bertz CT molecular complexity index is 193. The number of esters is 1. The first kappa shape index (κ1) is 14.4. The van der Waals surface area contributed by atoms with Crippen LogP contribution in [-0.2, 0) is 14.3 Å². The van der Waals surface area contributed by atoms with Crippen LogP contribution in [0.2, 0.25) is 0 Å². The molecule has 0 rings (SSSR count). The van der Waals surface area contributed by atoms with Gasteiger partial charge < -0.3 is 14.6 Å². The number of carbonyl (C=O) groups excluding carboxylic acids is 1. The van der Waals surface area contributed by atoms with Crippen LogP contribution in [0, 0.1) is 5.92 Å². The minimum Gasteiger partial charge on any atom is -0.463 e. The molecule has 0 aliphatic rings. The molecule has 1 unspecified atom stereocenters. The fraction of sp³-hybridized carbons (Fsp3) is 0.909. The fourth-order valence-corrected chi connectivity index (χ4v) is 0.739. The van der Waals surface area contributed by atoms with Gasteiger partial charge in [0.2, 0.25) is 0 Å². The van der Waals surface area contributed by atoms with Gasteiger partial charge >= 0.3 is 5.97 Å². The van der Waals surface area contributed by atoms with Gasteiger partial charge in [-0.25, -0.2) is 0 Å². The molecule has 0 aromatic heterocycles. The van der Waals surface area contributed by atoms with Gasteiger partial charge in [-0.3, -0.25) is 4.79 Å². The molecule has 90 valence electrons. The number of hydrogen-bond donors (Lipinski definition) is 1. The molecule has 0 fully saturated rings. The summed E-state index contributed by atoms with van der Waals surface area (Å²) in [5, 5.41) is 9.44. The lowest BCUT2D eigenvalue weighted by Crippen LogP contribution is -2.30. The molecule has 0 heterocycles. The molecule has 4 nitrogen and oxygen atoms in total. The Morgan fingerprint density at radius 2 is 1.80 bits per heavy atom. The van der Waals surface area contributed by atoms with Crippen LogP contribution in [0.5, 0.6) is 0 Å². The highest BCUT2D eigenvalue weighted by molar-refractivity contribution is 5.71. The van der Waals surface area contributed by atoms with Gasteiger partial charge in [-0.2, -0.15) is 0 Å². The summed E-state index contributed by atoms with van der Waals surface area (Å²) >= 11 is 0. The van der Waals surface area contributed by atoms with Crippen LogP contribution in [-0.4, -0.2) is 36.0 Å². The molecule has 15 heavy (non-hydrogen) atoms. The molecule has 1 N–H and O–H groups in total. The molecule has 0 spiro atoms. The molecule has 0 aliphatic carbocycles. The van der Waals surface area contributed by atoms with Gasteiger partial charge in [0.1, 0.15) is 12.7 Å². The highest BCUT2D eigenvalue weighted by Gasteiger charge is 2.16. The first-order chi connectivity index (χ1) is 6.72. The normalized spacial score (nSPS) is 14.1. The summed E-state index contributed by atoms with van der Waals surface area (Å²) in [6.07, 6.45) is -0.757. The van der Waals surface area contributed by atoms with Crippen molar-refractivity contribution in [2.75, 3.05) is 13.2 Å². The van der Waals surface area contributed by atoms with E-state index in [1.807, 2.05) is 20.8 Å². The third-order valence-electron chi connectivity index (χ3n) is 1.60. The molecule has 0 saturated heterocycles. The summed E-state index contributed by atoms with van der Waals surface area (Å²) in [7, 11) is 0. The molecule has 0 radical (unpaired) electrons. The quantitative estimate of drug-likeness (QED) is 0.708. The second-order valence-corrected chi connectivity index (χ2v) is 4.86. The van der Waals surface area contributed by atoms with Crippen LogP contribution >= 0.6 is 0 Å². The van der Waals surface area contributed by atoms with E-state index in [9.17, 15) is 9.90 Å². The van der Waals surface area contributed by atoms with Crippen LogP contribution in [0.1, 0.15) is 34.6 Å². The Morgan fingerprint density at radius 1 is 1.27 bits per heavy atom. The summed E-state index contributed by atoms with van der Waals surface area (Å²) in [6.45, 7) is 9.38. The minimum absolute atomic E-state index is 0.00685. The van der Waals surface area contributed by atoms with Crippen molar-refractivity contribution in [3.63, 3.8) is 0 Å². The average molecular weight is 218 g/mol. The van der Waals surface area contributed by atoms with E-state index >= 15 is 0 Å². The molecule has 0 aromatic rings. The molecule has 0 saturated carbocycles. The summed E-state index contributed by atoms with van der Waals surface area (Å²) in [5.41, 5.74) is -0.289. The van der Waals surface area contributed by atoms with Crippen molar-refractivity contribution in [3.8, 4) is 0 Å². The smallest absolute Gasteiger partial charge is 0.308 e. The van der Waals surface area contributed by atoms with Gasteiger partial charge in [-0.05, 0) is 20.8 Å². The van der Waals surface area contributed by atoms with E-state index in [1.54, 1.807) is 13.8 Å². The van der Waals surface area contributed by atoms with Gasteiger partial charge in [0.05, 0.1) is 18.1 Å². The van der Waals surface area contributed by atoms with Crippen LogP contribution in [0.3, 0.4) is 0 Å². The Hall–Kier alpha value is -0.610. The van der Waals surface area contributed by atoms with E-state index in [0.29, 0.717) is 0 Å². The standard InChI is InChI=1S/C11H22O4/c1-8(2)10(13)14-6-9(12)7-15-11(3,4)5/h8-9,12H,6-7H2,1-5H3. The largest absolute Gasteiger partial charge is 0.463 e. The van der Waals surface area contributed by atoms with Gasteiger partial charge in [0, 0.05) is 0 Å². The lowest BCUT2D eigenvalue weighted by Gasteiger charge is -2.21. The van der Waals surface area contributed by atoms with E-state index in [4.69, 9.17) is 9.47 Å². The monoisotopic (exact) mass is 218 g/mol. The minimum atomic E-state index is -0.757. The SMILES string of the molecule is CC(C)C(=O)OCC(O)COC(C)(C)C. The number of aliphatic hydroxyl groups excluding tert-OH is 1. The van der Waals surface area contributed by atoms with Crippen molar-refractivity contribution >= 4 is 5.97 Å². The van der Waals surface area contributed by atoms with E-state index in [-0.39, 0.29) is 30.7 Å². The molecule has 0 bridgehead atoms. The van der Waals surface area contributed by atoms with Gasteiger partial charge in [0.25, 0.3) is 0 Å². The Labute approximate surface area is 91.6 Å². The molecule has 0 aromatic carbocycles. The summed E-state index contributed by atoms with van der Waals surface area (Å²) < 4.78 is 10.2. The second kappa shape index (κ2) is 6.08. The van der Waals surface area contributed by atoms with Crippen molar-refractivity contribution < 1.29 is 19.4 Å². The van der Waals surface area contributed by atoms with E-state index in [1.165, 1.54) is 0 Å². The summed E-state index contributed by atoms with van der Waals surface area (Å²) in [4.78, 5) is 11.1. The summed E-state index contributed by atoms with van der Waals surface area (Å²) in [6, 6.07) is 0. The van der Waals surface area contributed by atoms with Crippen LogP contribution < -0.4 is 0 Å². The number of ether oxygens (including phenoxy) is 2. The van der Waals surface area contributed by atoms with Crippen molar-refractivity contribution in [1.82, 2.24) is 0 Å². The van der Waals surface area contributed by atoms with Gasteiger partial charge in [0.15, 0.2) is 0 Å². The van der Waals surface area contributed by atoms with Crippen LogP contribution in [0.4, 0.5) is 0 Å². The molecule has 0 aliphatic heterocycles. The maximum atomic E-state index is 11.1. The van der Waals surface area contributed by atoms with Crippen molar-refractivity contribution in [1.29, 1.82) is 0 Å². The molecule has 4 heteroatoms. The maximum absolute atomic E-state index is 11.1. The highest BCUT2D eigenvalue weighted by atomic mass is 16.6. The highest BCUT2D eigenvalue weighted by Crippen LogP contribution is 2.07. The Kier molecular flexibility index (Phi) is 5.83. The van der Waals surface area contributed by atoms with Crippen LogP contribution in [0.25, 0.3) is 0 Å². The molecule has 0 amide bonds. The maximum Gasteiger partial charge on any atom is 0.308 e. The third-order valence-corrected chi connectivity index (χ3v) is 1.60. The molecule has 1 atom stereocenters. The van der Waals surface area contributed by atoms with Gasteiger partial charge in [-0.15, -0.1) is 0 Å². The first-order valence-electron chi connectivity index (χ1n) is 5.21. The zero-order chi connectivity index (χ0) is 12.1. The van der Waals surface area contributed by atoms with Gasteiger partial charge in [-0.1, -0.05) is 13.8 Å². The number of hydrogen-bond acceptors (Lipinski definition) is 4. The predicted octanol–water partition coefficient (Wildman–Crippen LogP) is 1.36.